The van der Waals surface area contributed by atoms with Crippen LogP contribution in [0, 0.1) is 28.6 Å². The molecule has 2 heterocycles. The van der Waals surface area contributed by atoms with Crippen LogP contribution in [0.3, 0.4) is 0 Å². The number of hydrogen-bond donors (Lipinski definition) is 8. The Bertz CT molecular complexity index is 2820. The van der Waals surface area contributed by atoms with Gasteiger partial charge in [0.2, 0.25) is 0 Å². The van der Waals surface area contributed by atoms with E-state index in [0.29, 0.717) is 46.8 Å². The minimum atomic E-state index is -0.527. The lowest BCUT2D eigenvalue weighted by Crippen LogP contribution is -2.74. The van der Waals surface area contributed by atoms with E-state index in [1.807, 2.05) is 18.5 Å². The van der Waals surface area contributed by atoms with Crippen molar-refractivity contribution in [3.8, 4) is 28.7 Å². The maximum atomic E-state index is 12.5. The molecule has 2 spiro atoms. The lowest BCUT2D eigenvalue weighted by Gasteiger charge is -2.71. The number of nitrogens with zero attached hydrogens (tertiary/aromatic N) is 1. The van der Waals surface area contributed by atoms with Crippen LogP contribution in [0.4, 0.5) is 0 Å². The summed E-state index contributed by atoms with van der Waals surface area (Å²) in [5.74, 6) is -0.189. The number of rotatable bonds is 6. The largest absolute Gasteiger partial charge is 0.507 e. The van der Waals surface area contributed by atoms with Gasteiger partial charge in [-0.1, -0.05) is 85.7 Å². The number of allylic oxidation sites excluding steroid dienone is 2. The molecule has 0 radical (unpaired) electrons. The molecule has 12 rings (SSSR count). The maximum absolute atomic E-state index is 12.5. The molecule has 322 valence electrons. The van der Waals surface area contributed by atoms with Crippen molar-refractivity contribution in [2.45, 2.75) is 101 Å². The maximum Gasteiger partial charge on any atom is 0.169 e. The van der Waals surface area contributed by atoms with Gasteiger partial charge < -0.3 is 35.6 Å². The highest BCUT2D eigenvalue weighted by molar-refractivity contribution is 6.03. The summed E-state index contributed by atoms with van der Waals surface area (Å²) in [6.45, 7) is 0. The summed E-state index contributed by atoms with van der Waals surface area (Å²) in [5.41, 5.74) is 9.31. The molecule has 9 atom stereocenters. The number of hydrogen-bond acceptors (Lipinski definition) is 8. The molecular formula is C54H55N3O6. The third-order valence-corrected chi connectivity index (χ3v) is 17.5. The van der Waals surface area contributed by atoms with Crippen molar-refractivity contribution in [3.05, 3.63) is 142 Å². The number of aliphatic hydroxyl groups is 1. The second-order valence-electron chi connectivity index (χ2n) is 19.9. The highest BCUT2D eigenvalue weighted by Gasteiger charge is 2.75. The summed E-state index contributed by atoms with van der Waals surface area (Å²) in [4.78, 5) is 8.46. The summed E-state index contributed by atoms with van der Waals surface area (Å²) in [5, 5.41) is 71.2. The van der Waals surface area contributed by atoms with Crippen LogP contribution in [0.25, 0.3) is 22.9 Å². The SMILES string of the molecule is Oc1ccc(C=Cc2c(CCc3ccc4c(c3)CCC3=CC5=CC6CCCC67CCC68CCCC6C=CC(O)C8C7(c6cnc[nH]6)C5NC34)c(O)c(O)c3c(O)cccc23)cc1O. The standard InChI is InChI=1S/C54H55N3O6/c58-41-18-11-31(25-44(41)61)9-16-38-39-6-1-7-42(59)46(39)49(63)48(62)40(38)17-10-30-8-15-37-32(24-30)12-13-33-26-34-27-36-5-3-21-53(36)23-22-52-20-2-4-35(52)14-19-43(60)50(52)54(53,45-28-55-29-56-45)51(34)57-47(33)37/h1,6-9,11,14-16,18-19,24-29,35-36,43,47,50-51,57-63H,2-5,10,12-13,17,20-23H2,(H,55,56). The monoisotopic (exact) mass is 841 g/mol. The average molecular weight is 842 g/mol. The molecule has 4 aromatic carbocycles. The van der Waals surface area contributed by atoms with Crippen molar-refractivity contribution < 1.29 is 30.6 Å². The smallest absolute Gasteiger partial charge is 0.169 e. The Labute approximate surface area is 367 Å². The molecule has 9 unspecified atom stereocenters. The van der Waals surface area contributed by atoms with E-state index >= 15 is 0 Å². The van der Waals surface area contributed by atoms with Gasteiger partial charge in [-0.15, -0.1) is 0 Å². The van der Waals surface area contributed by atoms with Crippen LogP contribution in [-0.2, 0) is 24.7 Å². The molecule has 9 nitrogen and oxygen atoms in total. The zero-order valence-corrected chi connectivity index (χ0v) is 35.4. The lowest BCUT2D eigenvalue weighted by atomic mass is 9.34. The number of aromatic amines is 1. The van der Waals surface area contributed by atoms with E-state index < -0.39 is 6.10 Å². The summed E-state index contributed by atoms with van der Waals surface area (Å²) >= 11 is 0. The van der Waals surface area contributed by atoms with Crippen LogP contribution < -0.4 is 5.32 Å². The Morgan fingerprint density at radius 3 is 2.52 bits per heavy atom. The number of benzene rings is 4. The minimum absolute atomic E-state index is 0.0104. The highest BCUT2D eigenvalue weighted by atomic mass is 16.3. The van der Waals surface area contributed by atoms with Gasteiger partial charge in [-0.25, -0.2) is 4.98 Å². The molecule has 5 aromatic rings. The van der Waals surface area contributed by atoms with E-state index in [9.17, 15) is 30.6 Å². The summed E-state index contributed by atoms with van der Waals surface area (Å²) in [6.07, 6.45) is 29.2. The van der Waals surface area contributed by atoms with E-state index in [2.05, 4.69) is 59.0 Å². The molecule has 1 aliphatic heterocycles. The number of fused-ring (bicyclic) bond motifs is 7. The van der Waals surface area contributed by atoms with Crippen molar-refractivity contribution in [2.24, 2.45) is 28.6 Å². The summed E-state index contributed by atoms with van der Waals surface area (Å²) in [7, 11) is 0. The predicted octanol–water partition coefficient (Wildman–Crippen LogP) is 9.72. The van der Waals surface area contributed by atoms with Gasteiger partial charge in [-0.05, 0) is 149 Å². The van der Waals surface area contributed by atoms with Gasteiger partial charge in [0.25, 0.3) is 0 Å². The van der Waals surface area contributed by atoms with Crippen LogP contribution in [0.15, 0.2) is 103 Å². The van der Waals surface area contributed by atoms with E-state index in [-0.39, 0.29) is 68.4 Å². The third kappa shape index (κ3) is 5.39. The van der Waals surface area contributed by atoms with Gasteiger partial charge in [0, 0.05) is 34.8 Å². The van der Waals surface area contributed by atoms with Gasteiger partial charge in [0.15, 0.2) is 23.0 Å². The Morgan fingerprint density at radius 1 is 0.794 bits per heavy atom. The molecule has 3 saturated carbocycles. The first-order valence-electron chi connectivity index (χ1n) is 23.2. The Hall–Kier alpha value is -5.77. The predicted molar refractivity (Wildman–Crippen MR) is 243 cm³/mol. The van der Waals surface area contributed by atoms with Crippen molar-refractivity contribution in [1.82, 2.24) is 15.3 Å². The number of aliphatic hydroxyl groups excluding tert-OH is 1. The molecular weight excluding hydrogens is 787 g/mol. The molecule has 8 N–H and O–H groups in total. The normalized spacial score (nSPS) is 32.5. The number of phenolic OH excluding ortho intramolecular Hbond substituents is 5. The summed E-state index contributed by atoms with van der Waals surface area (Å²) in [6, 6.07) is 16.5. The van der Waals surface area contributed by atoms with Crippen molar-refractivity contribution >= 4 is 22.9 Å². The Kier molecular flexibility index (Phi) is 8.71. The van der Waals surface area contributed by atoms with Gasteiger partial charge in [0.05, 0.1) is 23.9 Å². The second-order valence-corrected chi connectivity index (χ2v) is 19.9. The van der Waals surface area contributed by atoms with Gasteiger partial charge in [-0.2, -0.15) is 0 Å². The van der Waals surface area contributed by atoms with E-state index in [0.717, 1.165) is 24.8 Å². The molecule has 63 heavy (non-hydrogen) atoms. The number of aryl methyl sites for hydroxylation is 2. The fourth-order valence-electron chi connectivity index (χ4n) is 15.1. The highest BCUT2D eigenvalue weighted by Crippen LogP contribution is 2.76. The number of aromatic hydroxyl groups is 5. The minimum Gasteiger partial charge on any atom is -0.507 e. The number of phenols is 5. The first kappa shape index (κ1) is 38.9. The molecule has 0 bridgehead atoms. The van der Waals surface area contributed by atoms with Crippen LogP contribution in [0.1, 0.15) is 103 Å². The van der Waals surface area contributed by atoms with E-state index in [1.54, 1.807) is 18.2 Å². The quantitative estimate of drug-likeness (QED) is 0.0476. The van der Waals surface area contributed by atoms with Gasteiger partial charge >= 0.3 is 0 Å². The zero-order chi connectivity index (χ0) is 42.8. The third-order valence-electron chi connectivity index (χ3n) is 17.5. The Balaban J connectivity index is 0.909. The molecule has 6 aliphatic carbocycles. The fourth-order valence-corrected chi connectivity index (χ4v) is 15.1. The molecule has 0 saturated heterocycles. The number of nitrogens with one attached hydrogen (secondary N) is 2. The Morgan fingerprint density at radius 2 is 1.67 bits per heavy atom. The molecule has 0 amide bonds. The molecule has 7 aliphatic rings. The number of H-pyrrole nitrogens is 1. The first-order valence-corrected chi connectivity index (χ1v) is 23.2. The van der Waals surface area contributed by atoms with Crippen LogP contribution in [0.5, 0.6) is 28.7 Å². The molecule has 1 aromatic heterocycles. The van der Waals surface area contributed by atoms with Crippen molar-refractivity contribution in [3.63, 3.8) is 0 Å². The zero-order valence-electron chi connectivity index (χ0n) is 35.4. The van der Waals surface area contributed by atoms with Gasteiger partial charge in [-0.3, -0.25) is 5.32 Å². The number of imidazole rings is 1. The average Bonchev–Trinajstić information content (AvgIpc) is 4.07. The van der Waals surface area contributed by atoms with Crippen molar-refractivity contribution in [1.29, 1.82) is 0 Å². The van der Waals surface area contributed by atoms with Gasteiger partial charge in [0.1, 0.15) is 5.75 Å². The topological polar surface area (TPSA) is 162 Å². The van der Waals surface area contributed by atoms with E-state index in [4.69, 9.17) is 4.98 Å². The second kappa shape index (κ2) is 14.1. The van der Waals surface area contributed by atoms with Crippen molar-refractivity contribution in [2.75, 3.05) is 0 Å². The lowest BCUT2D eigenvalue weighted by molar-refractivity contribution is -0.161. The van der Waals surface area contributed by atoms with E-state index in [1.165, 1.54) is 91.1 Å². The van der Waals surface area contributed by atoms with Crippen LogP contribution >= 0.6 is 0 Å². The fraction of sp³-hybridized carbons (Fsp3) is 0.389. The number of aromatic nitrogens is 2. The van der Waals surface area contributed by atoms with Crippen LogP contribution in [-0.4, -0.2) is 52.8 Å². The molecule has 3 fully saturated rings. The molecule has 9 heteroatoms. The summed E-state index contributed by atoms with van der Waals surface area (Å²) < 4.78 is 0. The first-order chi connectivity index (χ1) is 30.6. The van der Waals surface area contributed by atoms with Crippen LogP contribution in [0.2, 0.25) is 0 Å².